The van der Waals surface area contributed by atoms with Gasteiger partial charge in [0.05, 0.1) is 12.3 Å². The second-order valence-corrected chi connectivity index (χ2v) is 5.92. The second kappa shape index (κ2) is 6.08. The molecule has 1 unspecified atom stereocenters. The van der Waals surface area contributed by atoms with E-state index < -0.39 is 5.60 Å². The minimum absolute atomic E-state index is 0.0168. The van der Waals surface area contributed by atoms with Crippen LogP contribution < -0.4 is 0 Å². The van der Waals surface area contributed by atoms with E-state index >= 15 is 0 Å². The van der Waals surface area contributed by atoms with E-state index in [9.17, 15) is 5.11 Å². The third-order valence-corrected chi connectivity index (χ3v) is 3.96. The summed E-state index contributed by atoms with van der Waals surface area (Å²) in [5, 5.41) is 19.6. The number of hydrogen-bond acceptors (Lipinski definition) is 3. The summed E-state index contributed by atoms with van der Waals surface area (Å²) < 4.78 is 2.83. The van der Waals surface area contributed by atoms with E-state index in [0.29, 0.717) is 18.8 Å². The Morgan fingerprint density at radius 2 is 1.95 bits per heavy atom. The van der Waals surface area contributed by atoms with E-state index in [1.165, 1.54) is 0 Å². The summed E-state index contributed by atoms with van der Waals surface area (Å²) in [6, 6.07) is 7.86. The summed E-state index contributed by atoms with van der Waals surface area (Å²) >= 11 is 3.41. The SMILES string of the molecule is CCC(C)(O)c1nc(-c2ccc(Br)cc2)cn1CCO. The van der Waals surface area contributed by atoms with E-state index in [1.54, 1.807) is 6.92 Å². The molecule has 108 valence electrons. The molecule has 0 fully saturated rings. The number of nitrogens with zero attached hydrogens (tertiary/aromatic N) is 2. The monoisotopic (exact) mass is 338 g/mol. The Balaban J connectivity index is 2.46. The van der Waals surface area contributed by atoms with Gasteiger partial charge in [-0.15, -0.1) is 0 Å². The average Bonchev–Trinajstić information content (AvgIpc) is 2.85. The number of benzene rings is 1. The van der Waals surface area contributed by atoms with Gasteiger partial charge in [-0.05, 0) is 25.5 Å². The molecule has 1 heterocycles. The molecule has 0 saturated carbocycles. The molecule has 2 rings (SSSR count). The Morgan fingerprint density at radius 1 is 1.30 bits per heavy atom. The molecular weight excluding hydrogens is 320 g/mol. The Kier molecular flexibility index (Phi) is 4.62. The average molecular weight is 339 g/mol. The topological polar surface area (TPSA) is 58.3 Å². The molecule has 5 heteroatoms. The van der Waals surface area contributed by atoms with Gasteiger partial charge < -0.3 is 14.8 Å². The molecule has 0 aliphatic heterocycles. The Morgan fingerprint density at radius 3 is 2.50 bits per heavy atom. The fourth-order valence-corrected chi connectivity index (χ4v) is 2.31. The maximum absolute atomic E-state index is 10.4. The highest BCUT2D eigenvalue weighted by Crippen LogP contribution is 2.28. The molecular formula is C15H19BrN2O2. The van der Waals surface area contributed by atoms with Crippen molar-refractivity contribution in [3.05, 3.63) is 40.8 Å². The van der Waals surface area contributed by atoms with Gasteiger partial charge in [0.2, 0.25) is 0 Å². The summed E-state index contributed by atoms with van der Waals surface area (Å²) in [4.78, 5) is 4.56. The van der Waals surface area contributed by atoms with Gasteiger partial charge in [-0.3, -0.25) is 0 Å². The quantitative estimate of drug-likeness (QED) is 0.881. The standard InChI is InChI=1S/C15H19BrN2O2/c1-3-15(2,20)14-17-13(10-18(14)8-9-19)11-4-6-12(16)7-5-11/h4-7,10,19-20H,3,8-9H2,1-2H3. The molecule has 1 aromatic heterocycles. The zero-order valence-electron chi connectivity index (χ0n) is 11.7. The first-order valence-electron chi connectivity index (χ1n) is 6.64. The fourth-order valence-electron chi connectivity index (χ4n) is 2.04. The summed E-state index contributed by atoms with van der Waals surface area (Å²) in [5.74, 6) is 0.590. The minimum Gasteiger partial charge on any atom is -0.395 e. The van der Waals surface area contributed by atoms with Crippen molar-refractivity contribution in [2.24, 2.45) is 0 Å². The zero-order valence-corrected chi connectivity index (χ0v) is 13.3. The predicted molar refractivity (Wildman–Crippen MR) is 82.3 cm³/mol. The van der Waals surface area contributed by atoms with Crippen LogP contribution in [0.1, 0.15) is 26.1 Å². The highest BCUT2D eigenvalue weighted by molar-refractivity contribution is 9.10. The van der Waals surface area contributed by atoms with E-state index in [-0.39, 0.29) is 6.61 Å². The summed E-state index contributed by atoms with van der Waals surface area (Å²) in [5.41, 5.74) is 0.788. The van der Waals surface area contributed by atoms with Crippen molar-refractivity contribution in [2.45, 2.75) is 32.4 Å². The van der Waals surface area contributed by atoms with Gasteiger partial charge in [0.1, 0.15) is 11.4 Å². The van der Waals surface area contributed by atoms with Crippen LogP contribution >= 0.6 is 15.9 Å². The van der Waals surface area contributed by atoms with E-state index in [4.69, 9.17) is 5.11 Å². The highest BCUT2D eigenvalue weighted by Gasteiger charge is 2.27. The fraction of sp³-hybridized carbons (Fsp3) is 0.400. The van der Waals surface area contributed by atoms with Gasteiger partial charge in [0.15, 0.2) is 0 Å². The van der Waals surface area contributed by atoms with E-state index in [2.05, 4.69) is 20.9 Å². The number of aromatic nitrogens is 2. The molecule has 0 aliphatic carbocycles. The van der Waals surface area contributed by atoms with Gasteiger partial charge in [-0.1, -0.05) is 35.0 Å². The van der Waals surface area contributed by atoms with Crippen molar-refractivity contribution >= 4 is 15.9 Å². The highest BCUT2D eigenvalue weighted by atomic mass is 79.9. The molecule has 1 aromatic carbocycles. The molecule has 0 spiro atoms. The lowest BCUT2D eigenvalue weighted by molar-refractivity contribution is 0.0391. The number of rotatable bonds is 5. The van der Waals surface area contributed by atoms with Crippen molar-refractivity contribution in [3.8, 4) is 11.3 Å². The van der Waals surface area contributed by atoms with Crippen LogP contribution in [0.3, 0.4) is 0 Å². The molecule has 0 aliphatic rings. The number of aliphatic hydroxyl groups excluding tert-OH is 1. The van der Waals surface area contributed by atoms with Crippen LogP contribution in [0.4, 0.5) is 0 Å². The normalized spacial score (nSPS) is 14.2. The largest absolute Gasteiger partial charge is 0.395 e. The van der Waals surface area contributed by atoms with E-state index in [0.717, 1.165) is 15.7 Å². The van der Waals surface area contributed by atoms with Crippen molar-refractivity contribution < 1.29 is 10.2 Å². The zero-order chi connectivity index (χ0) is 14.8. The first kappa shape index (κ1) is 15.2. The minimum atomic E-state index is -0.997. The number of hydrogen-bond donors (Lipinski definition) is 2. The predicted octanol–water partition coefficient (Wildman–Crippen LogP) is 2.92. The number of aliphatic hydroxyl groups is 2. The van der Waals surface area contributed by atoms with Gasteiger partial charge in [0.25, 0.3) is 0 Å². The molecule has 0 bridgehead atoms. The molecule has 2 N–H and O–H groups in total. The van der Waals surface area contributed by atoms with Crippen molar-refractivity contribution in [3.63, 3.8) is 0 Å². The maximum atomic E-state index is 10.4. The number of imidazole rings is 1. The molecule has 0 saturated heterocycles. The summed E-state index contributed by atoms with van der Waals surface area (Å²) in [6.45, 7) is 4.10. The lowest BCUT2D eigenvalue weighted by Crippen LogP contribution is -2.25. The third kappa shape index (κ3) is 3.11. The lowest BCUT2D eigenvalue weighted by Gasteiger charge is -2.21. The summed E-state index contributed by atoms with van der Waals surface area (Å²) in [7, 11) is 0. The van der Waals surface area contributed by atoms with Crippen molar-refractivity contribution in [1.82, 2.24) is 9.55 Å². The van der Waals surface area contributed by atoms with Crippen LogP contribution in [0.25, 0.3) is 11.3 Å². The molecule has 2 aromatic rings. The maximum Gasteiger partial charge on any atom is 0.141 e. The molecule has 4 nitrogen and oxygen atoms in total. The second-order valence-electron chi connectivity index (χ2n) is 5.00. The first-order chi connectivity index (χ1) is 9.47. The Labute approximate surface area is 127 Å². The van der Waals surface area contributed by atoms with Gasteiger partial charge in [-0.25, -0.2) is 4.98 Å². The smallest absolute Gasteiger partial charge is 0.141 e. The van der Waals surface area contributed by atoms with Crippen LogP contribution in [-0.2, 0) is 12.1 Å². The van der Waals surface area contributed by atoms with E-state index in [1.807, 2.05) is 42.0 Å². The molecule has 0 amide bonds. The van der Waals surface area contributed by atoms with Gasteiger partial charge >= 0.3 is 0 Å². The van der Waals surface area contributed by atoms with Crippen LogP contribution in [-0.4, -0.2) is 26.4 Å². The Bertz CT molecular complexity index is 576. The number of halogens is 1. The molecule has 1 atom stereocenters. The third-order valence-electron chi connectivity index (χ3n) is 3.43. The summed E-state index contributed by atoms with van der Waals surface area (Å²) in [6.07, 6.45) is 2.44. The van der Waals surface area contributed by atoms with Crippen molar-refractivity contribution in [1.29, 1.82) is 0 Å². The molecule has 0 radical (unpaired) electrons. The Hall–Kier alpha value is -1.17. The van der Waals surface area contributed by atoms with Crippen molar-refractivity contribution in [2.75, 3.05) is 6.61 Å². The van der Waals surface area contributed by atoms with Gasteiger partial charge in [0, 0.05) is 22.8 Å². The molecule has 20 heavy (non-hydrogen) atoms. The van der Waals surface area contributed by atoms with Crippen LogP contribution in [0, 0.1) is 0 Å². The first-order valence-corrected chi connectivity index (χ1v) is 7.44. The van der Waals surface area contributed by atoms with Crippen LogP contribution in [0.5, 0.6) is 0 Å². The van der Waals surface area contributed by atoms with Crippen LogP contribution in [0.2, 0.25) is 0 Å². The van der Waals surface area contributed by atoms with Crippen LogP contribution in [0.15, 0.2) is 34.9 Å². The lowest BCUT2D eigenvalue weighted by atomic mass is 10.0. The van der Waals surface area contributed by atoms with Gasteiger partial charge in [-0.2, -0.15) is 0 Å².